The standard InChI is InChI=1S/C14H20N2O5/c1-4-7-11(17)21-8-10-12(13(18)20-6-3)9(5-2)15-14(19)16-10/h4,7,9H,5-6,8H2,1-3H3,(H2,15,16,19)/b7-4+/t9-/m1/s1. The number of esters is 2. The van der Waals surface area contributed by atoms with Crippen LogP contribution in [-0.4, -0.2) is 37.2 Å². The van der Waals surface area contributed by atoms with E-state index in [0.29, 0.717) is 6.42 Å². The van der Waals surface area contributed by atoms with Gasteiger partial charge in [-0.05, 0) is 20.3 Å². The zero-order chi connectivity index (χ0) is 15.8. The van der Waals surface area contributed by atoms with Gasteiger partial charge >= 0.3 is 18.0 Å². The first kappa shape index (κ1) is 16.7. The molecule has 0 spiro atoms. The lowest BCUT2D eigenvalue weighted by atomic mass is 10.0. The van der Waals surface area contributed by atoms with Crippen LogP contribution in [0.1, 0.15) is 27.2 Å². The minimum absolute atomic E-state index is 0.193. The highest BCUT2D eigenvalue weighted by Crippen LogP contribution is 2.17. The van der Waals surface area contributed by atoms with Crippen LogP contribution in [-0.2, 0) is 19.1 Å². The number of amides is 2. The molecule has 0 aliphatic carbocycles. The minimum Gasteiger partial charge on any atom is -0.463 e. The van der Waals surface area contributed by atoms with Crippen LogP contribution < -0.4 is 10.6 Å². The maximum absolute atomic E-state index is 12.0. The van der Waals surface area contributed by atoms with E-state index in [9.17, 15) is 14.4 Å². The minimum atomic E-state index is -0.547. The van der Waals surface area contributed by atoms with E-state index in [0.717, 1.165) is 0 Å². The Morgan fingerprint density at radius 1 is 1.29 bits per heavy atom. The highest BCUT2D eigenvalue weighted by atomic mass is 16.5. The highest BCUT2D eigenvalue weighted by Gasteiger charge is 2.31. The summed E-state index contributed by atoms with van der Waals surface area (Å²) < 4.78 is 9.98. The van der Waals surface area contributed by atoms with Crippen LogP contribution in [0, 0.1) is 0 Å². The lowest BCUT2D eigenvalue weighted by molar-refractivity contribution is -0.140. The SMILES string of the molecule is C/C=C/C(=O)OCC1=C(C(=O)OCC)[C@@H](CC)NC(=O)N1. The van der Waals surface area contributed by atoms with Gasteiger partial charge in [-0.15, -0.1) is 0 Å². The number of ether oxygens (including phenoxy) is 2. The first-order chi connectivity index (χ1) is 10.0. The largest absolute Gasteiger partial charge is 0.463 e. The van der Waals surface area contributed by atoms with Crippen molar-refractivity contribution in [2.75, 3.05) is 13.2 Å². The molecule has 2 N–H and O–H groups in total. The van der Waals surface area contributed by atoms with Crippen molar-refractivity contribution in [3.8, 4) is 0 Å². The van der Waals surface area contributed by atoms with E-state index in [2.05, 4.69) is 10.6 Å². The van der Waals surface area contributed by atoms with E-state index in [1.807, 2.05) is 6.92 Å². The molecule has 0 radical (unpaired) electrons. The van der Waals surface area contributed by atoms with Crippen LogP contribution in [0.5, 0.6) is 0 Å². The fourth-order valence-corrected chi connectivity index (χ4v) is 1.90. The molecule has 7 nitrogen and oxygen atoms in total. The van der Waals surface area contributed by atoms with Crippen molar-refractivity contribution >= 4 is 18.0 Å². The number of urea groups is 1. The van der Waals surface area contributed by atoms with Crippen LogP contribution in [0.15, 0.2) is 23.4 Å². The molecule has 1 aliphatic heterocycles. The summed E-state index contributed by atoms with van der Waals surface area (Å²) in [6, 6.07) is -0.903. The zero-order valence-corrected chi connectivity index (χ0v) is 12.4. The smallest absolute Gasteiger partial charge is 0.338 e. The molecule has 0 unspecified atom stereocenters. The third-order valence-electron chi connectivity index (χ3n) is 2.81. The Hall–Kier alpha value is -2.31. The Morgan fingerprint density at radius 2 is 2.00 bits per heavy atom. The Balaban J connectivity index is 2.99. The van der Waals surface area contributed by atoms with Crippen LogP contribution in [0.2, 0.25) is 0 Å². The Bertz CT molecular complexity index is 482. The molecule has 0 bridgehead atoms. The second-order valence-electron chi connectivity index (χ2n) is 4.28. The number of hydrogen-bond donors (Lipinski definition) is 2. The van der Waals surface area contributed by atoms with Crippen LogP contribution in [0.4, 0.5) is 4.79 Å². The van der Waals surface area contributed by atoms with Crippen molar-refractivity contribution < 1.29 is 23.9 Å². The van der Waals surface area contributed by atoms with Gasteiger partial charge in [0.05, 0.1) is 23.9 Å². The number of carbonyl (C=O) groups is 3. The van der Waals surface area contributed by atoms with Crippen molar-refractivity contribution in [1.82, 2.24) is 10.6 Å². The third kappa shape index (κ3) is 4.62. The van der Waals surface area contributed by atoms with Gasteiger partial charge in [-0.1, -0.05) is 13.0 Å². The molecule has 2 amide bonds. The van der Waals surface area contributed by atoms with Gasteiger partial charge in [0, 0.05) is 6.08 Å². The topological polar surface area (TPSA) is 93.7 Å². The van der Waals surface area contributed by atoms with Gasteiger partial charge in [-0.3, -0.25) is 0 Å². The van der Waals surface area contributed by atoms with Gasteiger partial charge in [0.25, 0.3) is 0 Å². The molecule has 0 aromatic carbocycles. The Labute approximate surface area is 123 Å². The second-order valence-corrected chi connectivity index (χ2v) is 4.28. The highest BCUT2D eigenvalue weighted by molar-refractivity contribution is 5.95. The molecule has 0 saturated heterocycles. The van der Waals surface area contributed by atoms with E-state index < -0.39 is 24.0 Å². The number of hydrogen-bond acceptors (Lipinski definition) is 5. The Kier molecular flexibility index (Phi) is 6.45. The van der Waals surface area contributed by atoms with E-state index in [1.165, 1.54) is 6.08 Å². The second kappa shape index (κ2) is 8.08. The van der Waals surface area contributed by atoms with Crippen LogP contribution in [0.25, 0.3) is 0 Å². The maximum Gasteiger partial charge on any atom is 0.338 e. The summed E-state index contributed by atoms with van der Waals surface area (Å²) in [4.78, 5) is 34.9. The van der Waals surface area contributed by atoms with Crippen molar-refractivity contribution in [3.05, 3.63) is 23.4 Å². The third-order valence-corrected chi connectivity index (χ3v) is 2.81. The molecule has 0 fully saturated rings. The molecule has 0 aromatic rings. The molecule has 1 atom stereocenters. The Morgan fingerprint density at radius 3 is 2.57 bits per heavy atom. The zero-order valence-electron chi connectivity index (χ0n) is 12.4. The predicted octanol–water partition coefficient (Wildman–Crippen LogP) is 1.01. The lowest BCUT2D eigenvalue weighted by Crippen LogP contribution is -2.51. The molecule has 1 aliphatic rings. The van der Waals surface area contributed by atoms with Crippen molar-refractivity contribution in [2.24, 2.45) is 0 Å². The molecule has 0 aromatic heterocycles. The molecule has 21 heavy (non-hydrogen) atoms. The summed E-state index contributed by atoms with van der Waals surface area (Å²) in [6.45, 7) is 5.24. The summed E-state index contributed by atoms with van der Waals surface area (Å²) in [5.74, 6) is -1.08. The normalized spacial score (nSPS) is 18.2. The number of allylic oxidation sites excluding steroid dienone is 1. The lowest BCUT2D eigenvalue weighted by Gasteiger charge is -2.28. The van der Waals surface area contributed by atoms with Gasteiger partial charge in [-0.25, -0.2) is 14.4 Å². The molecule has 1 rings (SSSR count). The summed E-state index contributed by atoms with van der Waals surface area (Å²) in [5.41, 5.74) is 0.536. The van der Waals surface area contributed by atoms with Gasteiger partial charge in [0.15, 0.2) is 0 Å². The van der Waals surface area contributed by atoms with Gasteiger partial charge in [-0.2, -0.15) is 0 Å². The predicted molar refractivity (Wildman–Crippen MR) is 75.2 cm³/mol. The van der Waals surface area contributed by atoms with E-state index in [1.54, 1.807) is 19.9 Å². The van der Waals surface area contributed by atoms with E-state index in [4.69, 9.17) is 9.47 Å². The van der Waals surface area contributed by atoms with Crippen molar-refractivity contribution in [2.45, 2.75) is 33.2 Å². The number of nitrogens with one attached hydrogen (secondary N) is 2. The molecular formula is C14H20N2O5. The van der Waals surface area contributed by atoms with E-state index >= 15 is 0 Å². The number of carbonyl (C=O) groups excluding carboxylic acids is 3. The molecule has 7 heteroatoms. The van der Waals surface area contributed by atoms with Crippen molar-refractivity contribution in [3.63, 3.8) is 0 Å². The monoisotopic (exact) mass is 296 g/mol. The molecule has 116 valence electrons. The fraction of sp³-hybridized carbons (Fsp3) is 0.500. The summed E-state index contributed by atoms with van der Waals surface area (Å²) >= 11 is 0. The first-order valence-corrected chi connectivity index (χ1v) is 6.80. The van der Waals surface area contributed by atoms with Crippen LogP contribution in [0.3, 0.4) is 0 Å². The average molecular weight is 296 g/mol. The van der Waals surface area contributed by atoms with Crippen molar-refractivity contribution in [1.29, 1.82) is 0 Å². The molecule has 0 saturated carbocycles. The van der Waals surface area contributed by atoms with Gasteiger partial charge < -0.3 is 20.1 Å². The van der Waals surface area contributed by atoms with E-state index in [-0.39, 0.29) is 24.5 Å². The fourth-order valence-electron chi connectivity index (χ4n) is 1.90. The maximum atomic E-state index is 12.0. The van der Waals surface area contributed by atoms with Crippen LogP contribution >= 0.6 is 0 Å². The van der Waals surface area contributed by atoms with Gasteiger partial charge in [0.2, 0.25) is 0 Å². The summed E-state index contributed by atoms with van der Waals surface area (Å²) in [7, 11) is 0. The average Bonchev–Trinajstić information content (AvgIpc) is 2.44. The number of rotatable bonds is 6. The molecule has 1 heterocycles. The first-order valence-electron chi connectivity index (χ1n) is 6.80. The molecular weight excluding hydrogens is 276 g/mol. The summed E-state index contributed by atoms with van der Waals surface area (Å²) in [6.07, 6.45) is 3.32. The van der Waals surface area contributed by atoms with Gasteiger partial charge in [0.1, 0.15) is 6.61 Å². The quantitative estimate of drug-likeness (QED) is 0.563. The summed E-state index contributed by atoms with van der Waals surface area (Å²) in [5, 5.41) is 5.13.